The zero-order valence-electron chi connectivity index (χ0n) is 10.8. The third-order valence-electron chi connectivity index (χ3n) is 3.01. The number of nitrogens with zero attached hydrogens (tertiary/aromatic N) is 1. The van der Waals surface area contributed by atoms with Crippen LogP contribution in [0.1, 0.15) is 26.4 Å². The monoisotopic (exact) mass is 289 g/mol. The molecule has 1 aromatic carbocycles. The molecule has 0 spiro atoms. The molecule has 0 amide bonds. The summed E-state index contributed by atoms with van der Waals surface area (Å²) in [6.45, 7) is 1.55. The lowest BCUT2D eigenvalue weighted by atomic mass is 10.1. The minimum absolute atomic E-state index is 0.103. The summed E-state index contributed by atoms with van der Waals surface area (Å²) in [5.74, 6) is -0.199. The van der Waals surface area contributed by atoms with Gasteiger partial charge in [0.2, 0.25) is 0 Å². The van der Waals surface area contributed by atoms with Gasteiger partial charge in [-0.05, 0) is 13.0 Å². The van der Waals surface area contributed by atoms with Gasteiger partial charge in [0, 0.05) is 11.3 Å². The highest BCUT2D eigenvalue weighted by molar-refractivity contribution is 6.32. The van der Waals surface area contributed by atoms with Crippen LogP contribution in [-0.2, 0) is 6.54 Å². The van der Waals surface area contributed by atoms with Gasteiger partial charge in [0.1, 0.15) is 0 Å². The first-order chi connectivity index (χ1) is 9.54. The van der Waals surface area contributed by atoms with Crippen molar-refractivity contribution in [1.29, 1.82) is 0 Å². The molecule has 0 unspecified atom stereocenters. The van der Waals surface area contributed by atoms with Gasteiger partial charge >= 0.3 is 0 Å². The quantitative estimate of drug-likeness (QED) is 0.642. The lowest BCUT2D eigenvalue weighted by Gasteiger charge is -2.11. The predicted octanol–water partition coefficient (Wildman–Crippen LogP) is 2.51. The molecule has 2 aromatic rings. The summed E-state index contributed by atoms with van der Waals surface area (Å²) >= 11 is 5.83. The molecule has 0 atom stereocenters. The SMILES string of the molecule is Cc1cc(Cl)c(C=O)c(=O)n1CC(=O)c1ccccc1. The second kappa shape index (κ2) is 5.84. The number of halogens is 1. The molecule has 5 heteroatoms. The number of aldehydes is 1. The summed E-state index contributed by atoms with van der Waals surface area (Å²) in [4.78, 5) is 35.1. The highest BCUT2D eigenvalue weighted by Gasteiger charge is 2.14. The average Bonchev–Trinajstić information content (AvgIpc) is 2.44. The molecule has 0 fully saturated rings. The first-order valence-electron chi connectivity index (χ1n) is 5.98. The fourth-order valence-corrected chi connectivity index (χ4v) is 2.19. The van der Waals surface area contributed by atoms with E-state index in [1.165, 1.54) is 10.6 Å². The van der Waals surface area contributed by atoms with Gasteiger partial charge in [-0.1, -0.05) is 41.9 Å². The number of aryl methyl sites for hydroxylation is 1. The van der Waals surface area contributed by atoms with E-state index in [1.54, 1.807) is 37.3 Å². The predicted molar refractivity (Wildman–Crippen MR) is 76.6 cm³/mol. The lowest BCUT2D eigenvalue weighted by Crippen LogP contribution is -2.29. The Kier molecular flexibility index (Phi) is 4.15. The van der Waals surface area contributed by atoms with Crippen LogP contribution in [0.15, 0.2) is 41.2 Å². The van der Waals surface area contributed by atoms with E-state index in [2.05, 4.69) is 0 Å². The van der Waals surface area contributed by atoms with Gasteiger partial charge in [-0.25, -0.2) is 0 Å². The third-order valence-corrected chi connectivity index (χ3v) is 3.32. The molecule has 1 heterocycles. The van der Waals surface area contributed by atoms with Gasteiger partial charge < -0.3 is 4.57 Å². The average molecular weight is 290 g/mol. The molecule has 102 valence electrons. The summed E-state index contributed by atoms with van der Waals surface area (Å²) in [6.07, 6.45) is 0.410. The lowest BCUT2D eigenvalue weighted by molar-refractivity contribution is 0.0968. The van der Waals surface area contributed by atoms with E-state index >= 15 is 0 Å². The minimum atomic E-state index is -0.547. The number of Topliss-reactive ketones (excluding diaryl/α,β-unsaturated/α-hetero) is 1. The smallest absolute Gasteiger partial charge is 0.263 e. The van der Waals surface area contributed by atoms with E-state index in [1.807, 2.05) is 0 Å². The maximum atomic E-state index is 12.1. The van der Waals surface area contributed by atoms with Gasteiger partial charge in [0.05, 0.1) is 17.1 Å². The number of pyridine rings is 1. The highest BCUT2D eigenvalue weighted by Crippen LogP contribution is 2.13. The van der Waals surface area contributed by atoms with E-state index in [0.29, 0.717) is 17.5 Å². The van der Waals surface area contributed by atoms with Crippen LogP contribution in [0, 0.1) is 6.92 Å². The summed E-state index contributed by atoms with van der Waals surface area (Å²) < 4.78 is 1.25. The molecule has 0 aliphatic rings. The van der Waals surface area contributed by atoms with Gasteiger partial charge in [-0.3, -0.25) is 14.4 Å². The van der Waals surface area contributed by atoms with Crippen LogP contribution in [0.5, 0.6) is 0 Å². The standard InChI is InChI=1S/C15H12ClNO3/c1-10-7-13(16)12(9-18)15(20)17(10)8-14(19)11-5-3-2-4-6-11/h2-7,9H,8H2,1H3. The second-order valence-electron chi connectivity index (χ2n) is 4.35. The topological polar surface area (TPSA) is 56.1 Å². The fourth-order valence-electron chi connectivity index (χ4n) is 1.91. The van der Waals surface area contributed by atoms with Gasteiger partial charge in [0.25, 0.3) is 5.56 Å². The van der Waals surface area contributed by atoms with Crippen molar-refractivity contribution in [3.63, 3.8) is 0 Å². The minimum Gasteiger partial charge on any atom is -0.304 e. The first kappa shape index (κ1) is 14.2. The molecular formula is C15H12ClNO3. The summed E-state index contributed by atoms with van der Waals surface area (Å²) in [5.41, 5.74) is 0.378. The molecule has 0 aliphatic heterocycles. The second-order valence-corrected chi connectivity index (χ2v) is 4.75. The van der Waals surface area contributed by atoms with E-state index in [0.717, 1.165) is 0 Å². The van der Waals surface area contributed by atoms with Crippen molar-refractivity contribution >= 4 is 23.7 Å². The van der Waals surface area contributed by atoms with Crippen molar-refractivity contribution < 1.29 is 9.59 Å². The summed E-state index contributed by atoms with van der Waals surface area (Å²) in [7, 11) is 0. The van der Waals surface area contributed by atoms with E-state index in [4.69, 9.17) is 11.6 Å². The van der Waals surface area contributed by atoms with E-state index in [9.17, 15) is 14.4 Å². The number of aromatic nitrogens is 1. The van der Waals surface area contributed by atoms with Crippen molar-refractivity contribution in [2.75, 3.05) is 0 Å². The Bertz CT molecular complexity index is 720. The van der Waals surface area contributed by atoms with Crippen LogP contribution in [0.2, 0.25) is 5.02 Å². The number of benzene rings is 1. The Morgan fingerprint density at radius 1 is 1.30 bits per heavy atom. The van der Waals surface area contributed by atoms with Crippen molar-refractivity contribution in [3.8, 4) is 0 Å². The zero-order valence-corrected chi connectivity index (χ0v) is 11.6. The van der Waals surface area contributed by atoms with Crippen LogP contribution in [0.4, 0.5) is 0 Å². The molecule has 2 rings (SSSR count). The molecule has 0 bridgehead atoms. The Morgan fingerprint density at radius 2 is 1.95 bits per heavy atom. The molecule has 0 aliphatic carbocycles. The van der Waals surface area contributed by atoms with Crippen LogP contribution < -0.4 is 5.56 Å². The molecule has 0 radical (unpaired) electrons. The normalized spacial score (nSPS) is 10.3. The first-order valence-corrected chi connectivity index (χ1v) is 6.35. The fraction of sp³-hybridized carbons (Fsp3) is 0.133. The Morgan fingerprint density at radius 3 is 2.55 bits per heavy atom. The maximum Gasteiger partial charge on any atom is 0.263 e. The number of rotatable bonds is 4. The molecule has 20 heavy (non-hydrogen) atoms. The Balaban J connectivity index is 2.42. The van der Waals surface area contributed by atoms with Gasteiger partial charge in [-0.2, -0.15) is 0 Å². The summed E-state index contributed by atoms with van der Waals surface area (Å²) in [6, 6.07) is 10.2. The molecule has 0 N–H and O–H groups in total. The van der Waals surface area contributed by atoms with Crippen LogP contribution >= 0.6 is 11.6 Å². The van der Waals surface area contributed by atoms with Crippen molar-refractivity contribution in [2.24, 2.45) is 0 Å². The van der Waals surface area contributed by atoms with Gasteiger partial charge in [0.15, 0.2) is 12.1 Å². The third kappa shape index (κ3) is 2.70. The number of carbonyl (C=O) groups is 2. The van der Waals surface area contributed by atoms with Crippen LogP contribution in [-0.4, -0.2) is 16.6 Å². The molecule has 0 saturated carbocycles. The summed E-state index contributed by atoms with van der Waals surface area (Å²) in [5, 5.41) is 0.103. The number of ketones is 1. The molecular weight excluding hydrogens is 278 g/mol. The van der Waals surface area contributed by atoms with Gasteiger partial charge in [-0.15, -0.1) is 0 Å². The largest absolute Gasteiger partial charge is 0.304 e. The molecule has 4 nitrogen and oxygen atoms in total. The number of carbonyl (C=O) groups excluding carboxylic acids is 2. The highest BCUT2D eigenvalue weighted by atomic mass is 35.5. The Labute approximate surface area is 120 Å². The number of hydrogen-bond donors (Lipinski definition) is 0. The molecule has 1 aromatic heterocycles. The molecule has 0 saturated heterocycles. The van der Waals surface area contributed by atoms with Crippen molar-refractivity contribution in [3.05, 3.63) is 68.6 Å². The van der Waals surface area contributed by atoms with E-state index < -0.39 is 5.56 Å². The van der Waals surface area contributed by atoms with Crippen molar-refractivity contribution in [2.45, 2.75) is 13.5 Å². The van der Waals surface area contributed by atoms with Crippen LogP contribution in [0.3, 0.4) is 0 Å². The Hall–Kier alpha value is -2.20. The van der Waals surface area contributed by atoms with Crippen LogP contribution in [0.25, 0.3) is 0 Å². The van der Waals surface area contributed by atoms with Crippen molar-refractivity contribution in [1.82, 2.24) is 4.57 Å². The van der Waals surface area contributed by atoms with E-state index in [-0.39, 0.29) is 22.9 Å². The maximum absolute atomic E-state index is 12.1. The number of hydrogen-bond acceptors (Lipinski definition) is 3. The zero-order chi connectivity index (χ0) is 14.7.